The Hall–Kier alpha value is -3.40. The third-order valence-corrected chi connectivity index (χ3v) is 4.60. The van der Waals surface area contributed by atoms with E-state index in [4.69, 9.17) is 9.47 Å². The van der Waals surface area contributed by atoms with Crippen molar-refractivity contribution < 1.29 is 19.1 Å². The van der Waals surface area contributed by atoms with Crippen LogP contribution < -0.4 is 21.3 Å². The number of morpholine rings is 1. The van der Waals surface area contributed by atoms with Gasteiger partial charge in [-0.25, -0.2) is 4.79 Å². The van der Waals surface area contributed by atoms with Gasteiger partial charge < -0.3 is 19.7 Å². The standard InChI is InChI=1S/C19H22N4O6/c1-21-15(11-16(24)22(2)19(21)27)18(26)20-13-3-5-14(6-4-13)29-12-17(25)23-7-9-28-10-8-23/h3-6,11H,7-10,12H2,1-2H3,(H,20,26). The first-order valence-corrected chi connectivity index (χ1v) is 9.03. The van der Waals surface area contributed by atoms with Crippen LogP contribution in [0.5, 0.6) is 5.75 Å². The monoisotopic (exact) mass is 402 g/mol. The lowest BCUT2D eigenvalue weighted by molar-refractivity contribution is -0.137. The first-order chi connectivity index (χ1) is 13.9. The third-order valence-electron chi connectivity index (χ3n) is 4.60. The SMILES string of the molecule is Cn1c(C(=O)Nc2ccc(OCC(=O)N3CCOCC3)cc2)cc(=O)n(C)c1=O. The maximum absolute atomic E-state index is 12.4. The second-order valence-electron chi connectivity index (χ2n) is 6.53. The summed E-state index contributed by atoms with van der Waals surface area (Å²) in [5.41, 5.74) is -0.743. The number of hydrogen-bond acceptors (Lipinski definition) is 6. The number of carbonyl (C=O) groups is 2. The predicted molar refractivity (Wildman–Crippen MR) is 104 cm³/mol. The first-order valence-electron chi connectivity index (χ1n) is 9.03. The molecule has 2 heterocycles. The van der Waals surface area contributed by atoms with Crippen LogP contribution in [0.1, 0.15) is 10.5 Å². The van der Waals surface area contributed by atoms with Gasteiger partial charge in [0.05, 0.1) is 13.2 Å². The number of carbonyl (C=O) groups excluding carboxylic acids is 2. The van der Waals surface area contributed by atoms with Crippen molar-refractivity contribution in [3.8, 4) is 5.75 Å². The Morgan fingerprint density at radius 2 is 1.72 bits per heavy atom. The van der Waals surface area contributed by atoms with Crippen molar-refractivity contribution in [3.63, 3.8) is 0 Å². The molecular weight excluding hydrogens is 380 g/mol. The van der Waals surface area contributed by atoms with Gasteiger partial charge in [-0.3, -0.25) is 23.5 Å². The van der Waals surface area contributed by atoms with Gasteiger partial charge in [0.1, 0.15) is 11.4 Å². The minimum Gasteiger partial charge on any atom is -0.484 e. The van der Waals surface area contributed by atoms with E-state index in [0.717, 1.165) is 15.2 Å². The zero-order chi connectivity index (χ0) is 21.0. The van der Waals surface area contributed by atoms with Gasteiger partial charge in [0.2, 0.25) is 0 Å². The van der Waals surface area contributed by atoms with Gasteiger partial charge in [-0.05, 0) is 24.3 Å². The lowest BCUT2D eigenvalue weighted by Gasteiger charge is -2.26. The first kappa shape index (κ1) is 20.3. The molecule has 1 aliphatic heterocycles. The summed E-state index contributed by atoms with van der Waals surface area (Å²) in [6, 6.07) is 7.54. The highest BCUT2D eigenvalue weighted by Crippen LogP contribution is 2.16. The van der Waals surface area contributed by atoms with Crippen LogP contribution in [0.2, 0.25) is 0 Å². The molecule has 2 amide bonds. The quantitative estimate of drug-likeness (QED) is 0.727. The van der Waals surface area contributed by atoms with E-state index in [1.165, 1.54) is 14.1 Å². The number of nitrogens with one attached hydrogen (secondary N) is 1. The summed E-state index contributed by atoms with van der Waals surface area (Å²) in [7, 11) is 2.76. The minimum atomic E-state index is -0.587. The van der Waals surface area contributed by atoms with Crippen LogP contribution in [-0.4, -0.2) is 58.8 Å². The van der Waals surface area contributed by atoms with Gasteiger partial charge in [-0.15, -0.1) is 0 Å². The van der Waals surface area contributed by atoms with E-state index in [1.807, 2.05) is 0 Å². The summed E-state index contributed by atoms with van der Waals surface area (Å²) in [5, 5.41) is 2.63. The van der Waals surface area contributed by atoms with Gasteiger partial charge in [-0.2, -0.15) is 0 Å². The molecule has 1 fully saturated rings. The number of ether oxygens (including phenoxy) is 2. The highest BCUT2D eigenvalue weighted by atomic mass is 16.5. The van der Waals surface area contributed by atoms with E-state index in [0.29, 0.717) is 37.7 Å². The number of amides is 2. The molecule has 0 radical (unpaired) electrons. The van der Waals surface area contributed by atoms with E-state index in [-0.39, 0.29) is 18.2 Å². The van der Waals surface area contributed by atoms with Crippen LogP contribution in [-0.2, 0) is 23.6 Å². The molecule has 1 aliphatic rings. The average Bonchev–Trinajstić information content (AvgIpc) is 2.74. The van der Waals surface area contributed by atoms with Gasteiger partial charge in [0.15, 0.2) is 6.61 Å². The molecule has 1 saturated heterocycles. The predicted octanol–water partition coefficient (Wildman–Crippen LogP) is -0.426. The zero-order valence-corrected chi connectivity index (χ0v) is 16.2. The normalized spacial score (nSPS) is 13.8. The molecule has 0 bridgehead atoms. The molecule has 2 aromatic rings. The molecule has 0 saturated carbocycles. The molecule has 10 nitrogen and oxygen atoms in total. The van der Waals surface area contributed by atoms with Gasteiger partial charge >= 0.3 is 5.69 Å². The summed E-state index contributed by atoms with van der Waals surface area (Å²) in [6.07, 6.45) is 0. The second kappa shape index (κ2) is 8.74. The third kappa shape index (κ3) is 4.72. The molecule has 0 unspecified atom stereocenters. The van der Waals surface area contributed by atoms with Crippen molar-refractivity contribution in [2.75, 3.05) is 38.2 Å². The Kier molecular flexibility index (Phi) is 6.13. The number of hydrogen-bond donors (Lipinski definition) is 1. The summed E-state index contributed by atoms with van der Waals surface area (Å²) in [6.45, 7) is 2.08. The Labute approximate surface area is 166 Å². The molecular formula is C19H22N4O6. The molecule has 0 spiro atoms. The maximum Gasteiger partial charge on any atom is 0.331 e. The van der Waals surface area contributed by atoms with Crippen molar-refractivity contribution in [1.29, 1.82) is 0 Å². The van der Waals surface area contributed by atoms with E-state index < -0.39 is 17.2 Å². The smallest absolute Gasteiger partial charge is 0.331 e. The Bertz CT molecular complexity index is 1020. The summed E-state index contributed by atoms with van der Waals surface area (Å²) in [5.74, 6) is -0.221. The topological polar surface area (TPSA) is 112 Å². The van der Waals surface area contributed by atoms with Gasteiger partial charge in [0, 0.05) is 38.9 Å². The van der Waals surface area contributed by atoms with E-state index in [2.05, 4.69) is 5.32 Å². The van der Waals surface area contributed by atoms with Crippen LogP contribution in [0.3, 0.4) is 0 Å². The molecule has 0 aliphatic carbocycles. The van der Waals surface area contributed by atoms with Crippen LogP contribution in [0.15, 0.2) is 39.9 Å². The largest absolute Gasteiger partial charge is 0.484 e. The summed E-state index contributed by atoms with van der Waals surface area (Å²) >= 11 is 0. The van der Waals surface area contributed by atoms with Crippen molar-refractivity contribution in [1.82, 2.24) is 14.0 Å². The molecule has 3 rings (SSSR count). The van der Waals surface area contributed by atoms with E-state index in [1.54, 1.807) is 29.2 Å². The zero-order valence-electron chi connectivity index (χ0n) is 16.2. The number of aromatic nitrogens is 2. The van der Waals surface area contributed by atoms with Crippen molar-refractivity contribution in [2.45, 2.75) is 0 Å². The molecule has 29 heavy (non-hydrogen) atoms. The van der Waals surface area contributed by atoms with Crippen molar-refractivity contribution in [3.05, 3.63) is 56.9 Å². The minimum absolute atomic E-state index is 0.0467. The van der Waals surface area contributed by atoms with Crippen molar-refractivity contribution in [2.24, 2.45) is 14.1 Å². The highest BCUT2D eigenvalue weighted by molar-refractivity contribution is 6.03. The summed E-state index contributed by atoms with van der Waals surface area (Å²) in [4.78, 5) is 49.9. The lowest BCUT2D eigenvalue weighted by atomic mass is 10.3. The number of rotatable bonds is 5. The van der Waals surface area contributed by atoms with Gasteiger partial charge in [-0.1, -0.05) is 0 Å². The van der Waals surface area contributed by atoms with Crippen LogP contribution in [0, 0.1) is 0 Å². The fraction of sp³-hybridized carbons (Fsp3) is 0.368. The molecule has 10 heteroatoms. The second-order valence-corrected chi connectivity index (χ2v) is 6.53. The Morgan fingerprint density at radius 3 is 2.38 bits per heavy atom. The fourth-order valence-corrected chi connectivity index (χ4v) is 2.83. The molecule has 1 aromatic heterocycles. The lowest BCUT2D eigenvalue weighted by Crippen LogP contribution is -2.42. The number of anilines is 1. The number of nitrogens with zero attached hydrogens (tertiary/aromatic N) is 3. The van der Waals surface area contributed by atoms with Crippen LogP contribution in [0.25, 0.3) is 0 Å². The molecule has 1 aromatic carbocycles. The Balaban J connectivity index is 1.60. The molecule has 0 atom stereocenters. The van der Waals surface area contributed by atoms with Crippen LogP contribution in [0.4, 0.5) is 5.69 Å². The average molecular weight is 402 g/mol. The van der Waals surface area contributed by atoms with Gasteiger partial charge in [0.25, 0.3) is 17.4 Å². The van der Waals surface area contributed by atoms with Crippen molar-refractivity contribution >= 4 is 17.5 Å². The van der Waals surface area contributed by atoms with E-state index in [9.17, 15) is 19.2 Å². The molecule has 1 N–H and O–H groups in total. The van der Waals surface area contributed by atoms with Crippen LogP contribution >= 0.6 is 0 Å². The molecule has 154 valence electrons. The summed E-state index contributed by atoms with van der Waals surface area (Å²) < 4.78 is 12.7. The highest BCUT2D eigenvalue weighted by Gasteiger charge is 2.17. The van der Waals surface area contributed by atoms with E-state index >= 15 is 0 Å². The Morgan fingerprint density at radius 1 is 1.07 bits per heavy atom. The fourth-order valence-electron chi connectivity index (χ4n) is 2.83. The maximum atomic E-state index is 12.4. The number of benzene rings is 1.